The summed E-state index contributed by atoms with van der Waals surface area (Å²) < 4.78 is 2.36. The number of aromatic amines is 1. The van der Waals surface area contributed by atoms with Gasteiger partial charge in [-0.3, -0.25) is 29.8 Å². The molecule has 0 unspecified atom stereocenters. The van der Waals surface area contributed by atoms with Gasteiger partial charge in [-0.2, -0.15) is 0 Å². The number of H-pyrrole nitrogens is 1. The highest BCUT2D eigenvalue weighted by Gasteiger charge is 2.26. The van der Waals surface area contributed by atoms with E-state index in [9.17, 15) is 19.5 Å². The number of rotatable bonds is 10. The molecule has 0 amide bonds. The lowest BCUT2D eigenvalue weighted by molar-refractivity contribution is -0.253. The number of hydrogen-bond donors (Lipinski definition) is 4. The predicted octanol–water partition coefficient (Wildman–Crippen LogP) is 4.54. The number of carbonyl (C=O) groups is 1. The quantitative estimate of drug-likeness (QED) is 0.103. The molecular formula is C32H28N4O8. The number of pyridine rings is 1. The van der Waals surface area contributed by atoms with Crippen molar-refractivity contribution in [2.45, 2.75) is 13.2 Å². The molecule has 12 nitrogen and oxygen atoms in total. The Morgan fingerprint density at radius 2 is 1.41 bits per heavy atom. The second-order valence-corrected chi connectivity index (χ2v) is 10.0. The normalized spacial score (nSPS) is 10.9. The lowest BCUT2D eigenvalue weighted by Crippen LogP contribution is -2.26. The van der Waals surface area contributed by atoms with Crippen LogP contribution in [0, 0.1) is 0 Å². The predicted molar refractivity (Wildman–Crippen MR) is 164 cm³/mol. The maximum absolute atomic E-state index is 14.0. The third kappa shape index (κ3) is 5.88. The number of carboxylic acid groups (broad SMARTS) is 1. The SMILES string of the molecule is CN(C)c1ccc(C=C=Cc2c(C(=O)O)c3c(=O)n(-c4ccc(COO)cc4)[nH]c3n(-c3ccc(COO)cc3)c2=O)cc1. The van der Waals surface area contributed by atoms with E-state index in [0.717, 1.165) is 15.9 Å². The Labute approximate surface area is 250 Å². The first-order valence-electron chi connectivity index (χ1n) is 13.3. The van der Waals surface area contributed by atoms with Gasteiger partial charge in [0.25, 0.3) is 11.1 Å². The van der Waals surface area contributed by atoms with E-state index in [4.69, 9.17) is 10.5 Å². The Bertz CT molecular complexity index is 2000. The van der Waals surface area contributed by atoms with Crippen LogP contribution in [0.1, 0.15) is 32.6 Å². The molecule has 0 aliphatic heterocycles. The molecule has 0 radical (unpaired) electrons. The topological polar surface area (TPSA) is 159 Å². The largest absolute Gasteiger partial charge is 0.478 e. The molecule has 2 heterocycles. The van der Waals surface area contributed by atoms with Gasteiger partial charge in [-0.15, -0.1) is 5.73 Å². The zero-order valence-corrected chi connectivity index (χ0v) is 23.7. The smallest absolute Gasteiger partial charge is 0.337 e. The van der Waals surface area contributed by atoms with Gasteiger partial charge in [0.05, 0.1) is 27.9 Å². The molecule has 12 heteroatoms. The van der Waals surface area contributed by atoms with E-state index in [-0.39, 0.29) is 29.8 Å². The highest BCUT2D eigenvalue weighted by molar-refractivity contribution is 6.05. The second-order valence-electron chi connectivity index (χ2n) is 10.0. The summed E-state index contributed by atoms with van der Waals surface area (Å²) in [5.41, 5.74) is 4.46. The molecule has 0 aliphatic rings. The summed E-state index contributed by atoms with van der Waals surface area (Å²) in [6.07, 6.45) is 2.87. The summed E-state index contributed by atoms with van der Waals surface area (Å²) in [5.74, 6) is -1.46. The van der Waals surface area contributed by atoms with E-state index in [1.165, 1.54) is 10.6 Å². The third-order valence-corrected chi connectivity index (χ3v) is 7.00. The number of benzene rings is 3. The van der Waals surface area contributed by atoms with Gasteiger partial charge in [0, 0.05) is 19.8 Å². The summed E-state index contributed by atoms with van der Waals surface area (Å²) in [7, 11) is 3.84. The summed E-state index contributed by atoms with van der Waals surface area (Å²) in [4.78, 5) is 50.8. The summed E-state index contributed by atoms with van der Waals surface area (Å²) in [5, 5.41) is 30.5. The number of nitrogens with zero attached hydrogens (tertiary/aromatic N) is 3. The molecule has 224 valence electrons. The molecule has 0 saturated heterocycles. The Morgan fingerprint density at radius 3 is 1.93 bits per heavy atom. The first-order chi connectivity index (χ1) is 21.2. The second kappa shape index (κ2) is 12.8. The number of carboxylic acids is 1. The van der Waals surface area contributed by atoms with Crippen molar-refractivity contribution in [3.8, 4) is 11.4 Å². The molecule has 44 heavy (non-hydrogen) atoms. The molecule has 0 saturated carbocycles. The first-order valence-corrected chi connectivity index (χ1v) is 13.3. The van der Waals surface area contributed by atoms with Crippen molar-refractivity contribution in [3.05, 3.63) is 127 Å². The van der Waals surface area contributed by atoms with Crippen molar-refractivity contribution in [1.82, 2.24) is 14.3 Å². The van der Waals surface area contributed by atoms with E-state index >= 15 is 0 Å². The molecule has 4 N–H and O–H groups in total. The number of nitrogens with one attached hydrogen (secondary N) is 1. The van der Waals surface area contributed by atoms with E-state index in [0.29, 0.717) is 22.5 Å². The van der Waals surface area contributed by atoms with E-state index < -0.39 is 22.7 Å². The number of hydrogen-bond acceptors (Lipinski definition) is 8. The van der Waals surface area contributed by atoms with Crippen LogP contribution in [0.5, 0.6) is 0 Å². The average Bonchev–Trinajstić information content (AvgIpc) is 3.34. The molecule has 3 aromatic carbocycles. The lowest BCUT2D eigenvalue weighted by atomic mass is 10.0. The molecule has 0 aliphatic carbocycles. The van der Waals surface area contributed by atoms with Gasteiger partial charge < -0.3 is 10.0 Å². The first kappa shape index (κ1) is 30.0. The monoisotopic (exact) mass is 596 g/mol. The van der Waals surface area contributed by atoms with Gasteiger partial charge in [-0.1, -0.05) is 36.4 Å². The van der Waals surface area contributed by atoms with Gasteiger partial charge in [0.2, 0.25) is 0 Å². The van der Waals surface area contributed by atoms with Gasteiger partial charge in [-0.25, -0.2) is 19.3 Å². The highest BCUT2D eigenvalue weighted by Crippen LogP contribution is 2.23. The van der Waals surface area contributed by atoms with Crippen molar-refractivity contribution in [2.75, 3.05) is 19.0 Å². The van der Waals surface area contributed by atoms with E-state index in [1.807, 2.05) is 43.3 Å². The molecule has 0 spiro atoms. The van der Waals surface area contributed by atoms with Crippen molar-refractivity contribution in [3.63, 3.8) is 0 Å². The van der Waals surface area contributed by atoms with E-state index in [1.54, 1.807) is 54.6 Å². The molecule has 5 aromatic rings. The number of anilines is 1. The minimum atomic E-state index is -1.46. The highest BCUT2D eigenvalue weighted by atomic mass is 17.1. The van der Waals surface area contributed by atoms with Crippen LogP contribution in [0.2, 0.25) is 0 Å². The minimum Gasteiger partial charge on any atom is -0.478 e. The molecule has 0 fully saturated rings. The van der Waals surface area contributed by atoms with Crippen LogP contribution >= 0.6 is 0 Å². The molecule has 0 bridgehead atoms. The lowest BCUT2D eigenvalue weighted by Gasteiger charge is -2.12. The Kier molecular flexibility index (Phi) is 8.72. The van der Waals surface area contributed by atoms with Crippen molar-refractivity contribution < 1.29 is 30.2 Å². The van der Waals surface area contributed by atoms with Gasteiger partial charge in [0.15, 0.2) is 0 Å². The average molecular weight is 597 g/mol. The molecule has 0 atom stereocenters. The van der Waals surface area contributed by atoms with Crippen LogP contribution in [-0.4, -0.2) is 50.0 Å². The van der Waals surface area contributed by atoms with Gasteiger partial charge in [0.1, 0.15) is 18.9 Å². The molecule has 2 aromatic heterocycles. The van der Waals surface area contributed by atoms with Crippen molar-refractivity contribution in [1.29, 1.82) is 0 Å². The fourth-order valence-electron chi connectivity index (χ4n) is 4.78. The Balaban J connectivity index is 1.76. The van der Waals surface area contributed by atoms with E-state index in [2.05, 4.69) is 20.6 Å². The van der Waals surface area contributed by atoms with Crippen molar-refractivity contribution >= 4 is 34.8 Å². The number of aromatic nitrogens is 3. The fourth-order valence-corrected chi connectivity index (χ4v) is 4.78. The molecular weight excluding hydrogens is 568 g/mol. The Hall–Kier alpha value is -5.49. The van der Waals surface area contributed by atoms with Gasteiger partial charge >= 0.3 is 5.97 Å². The minimum absolute atomic E-state index is 0.0354. The van der Waals surface area contributed by atoms with Crippen LogP contribution in [0.15, 0.2) is 88.1 Å². The number of aromatic carboxylic acids is 1. The zero-order valence-electron chi connectivity index (χ0n) is 23.7. The molecule has 5 rings (SSSR count). The zero-order chi connectivity index (χ0) is 31.4. The fraction of sp³-hybridized carbons (Fsp3) is 0.125. The van der Waals surface area contributed by atoms with Crippen molar-refractivity contribution in [2.24, 2.45) is 0 Å². The van der Waals surface area contributed by atoms with Crippen LogP contribution in [0.25, 0.3) is 34.6 Å². The van der Waals surface area contributed by atoms with Crippen LogP contribution in [0.3, 0.4) is 0 Å². The van der Waals surface area contributed by atoms with Gasteiger partial charge in [-0.05, 0) is 65.2 Å². The maximum atomic E-state index is 14.0. The summed E-state index contributed by atoms with van der Waals surface area (Å²) in [6.45, 7) is -0.147. The maximum Gasteiger partial charge on any atom is 0.337 e. The Morgan fingerprint density at radius 1 is 0.841 bits per heavy atom. The van der Waals surface area contributed by atoms with Crippen LogP contribution in [0.4, 0.5) is 5.69 Å². The van der Waals surface area contributed by atoms with Crippen LogP contribution in [-0.2, 0) is 23.0 Å². The third-order valence-electron chi connectivity index (χ3n) is 7.00. The number of fused-ring (bicyclic) bond motifs is 1. The standard InChI is InChI=1S/C32H28N4O8/c1-34(2)23-12-6-20(7-13-23)4-3-5-26-27(32(39)40)28-29(35(30(26)37)24-14-8-21(9-15-24)18-43-41)33-36(31(28)38)25-16-10-22(11-17-25)19-44-42/h4-17,33,41-42H,18-19H2,1-2H3,(H,39,40). The van der Waals surface area contributed by atoms with Crippen LogP contribution < -0.4 is 16.0 Å². The summed E-state index contributed by atoms with van der Waals surface area (Å²) in [6, 6.07) is 20.4. The summed E-state index contributed by atoms with van der Waals surface area (Å²) >= 11 is 0.